The fourth-order valence-electron chi connectivity index (χ4n) is 3.08. The van der Waals surface area contributed by atoms with Crippen LogP contribution in [0.25, 0.3) is 0 Å². The van der Waals surface area contributed by atoms with E-state index in [4.69, 9.17) is 4.74 Å². The molecule has 0 bridgehead atoms. The highest BCUT2D eigenvalue weighted by Gasteiger charge is 2.27. The molecule has 0 unspecified atom stereocenters. The average molecular weight is 440 g/mol. The van der Waals surface area contributed by atoms with Crippen molar-refractivity contribution in [1.82, 2.24) is 9.21 Å². The summed E-state index contributed by atoms with van der Waals surface area (Å²) in [6.07, 6.45) is 0. The van der Waals surface area contributed by atoms with Crippen LogP contribution in [0.15, 0.2) is 52.3 Å². The van der Waals surface area contributed by atoms with Gasteiger partial charge in [-0.3, -0.25) is 4.72 Å². The van der Waals surface area contributed by atoms with E-state index in [-0.39, 0.29) is 21.2 Å². The van der Waals surface area contributed by atoms with E-state index >= 15 is 0 Å². The van der Waals surface area contributed by atoms with Crippen LogP contribution in [0.2, 0.25) is 0 Å². The van der Waals surface area contributed by atoms with Crippen molar-refractivity contribution in [1.29, 1.82) is 0 Å². The predicted molar refractivity (Wildman–Crippen MR) is 111 cm³/mol. The molecule has 0 radical (unpaired) electrons. The minimum Gasteiger partial charge on any atom is -0.495 e. The molecule has 1 saturated heterocycles. The highest BCUT2D eigenvalue weighted by Crippen LogP contribution is 2.27. The molecule has 0 amide bonds. The smallest absolute Gasteiger partial charge is 0.265 e. The van der Waals surface area contributed by atoms with Crippen molar-refractivity contribution in [3.8, 4) is 5.75 Å². The van der Waals surface area contributed by atoms with Crippen LogP contribution >= 0.6 is 0 Å². The lowest BCUT2D eigenvalue weighted by Crippen LogP contribution is -2.46. The maximum absolute atomic E-state index is 12.8. The molecule has 29 heavy (non-hydrogen) atoms. The average Bonchev–Trinajstić information content (AvgIpc) is 2.68. The van der Waals surface area contributed by atoms with Crippen LogP contribution in [-0.2, 0) is 20.0 Å². The van der Waals surface area contributed by atoms with Crippen molar-refractivity contribution in [3.05, 3.63) is 48.0 Å². The Balaban J connectivity index is 1.81. The number of sulfonamides is 2. The highest BCUT2D eigenvalue weighted by atomic mass is 32.2. The number of rotatable bonds is 6. The molecule has 0 aliphatic carbocycles. The molecule has 1 aliphatic rings. The molecular formula is C19H25N3O5S2. The van der Waals surface area contributed by atoms with E-state index in [1.165, 1.54) is 41.7 Å². The van der Waals surface area contributed by atoms with Crippen molar-refractivity contribution in [3.63, 3.8) is 0 Å². The minimum absolute atomic E-state index is 0.0223. The Bertz CT molecular complexity index is 1080. The van der Waals surface area contributed by atoms with Gasteiger partial charge in [0.15, 0.2) is 0 Å². The molecule has 0 aromatic heterocycles. The van der Waals surface area contributed by atoms with Gasteiger partial charge in [-0.25, -0.2) is 16.8 Å². The molecule has 2 aromatic carbocycles. The van der Waals surface area contributed by atoms with Crippen LogP contribution in [0.1, 0.15) is 5.56 Å². The van der Waals surface area contributed by atoms with Crippen LogP contribution in [0, 0.1) is 6.92 Å². The summed E-state index contributed by atoms with van der Waals surface area (Å²) in [5.74, 6) is 0.234. The molecule has 0 atom stereocenters. The second-order valence-electron chi connectivity index (χ2n) is 6.99. The van der Waals surface area contributed by atoms with Gasteiger partial charge in [0.1, 0.15) is 10.6 Å². The zero-order chi connectivity index (χ0) is 21.2. The Labute approximate surface area is 172 Å². The molecule has 2 aromatic rings. The van der Waals surface area contributed by atoms with Crippen LogP contribution in [0.4, 0.5) is 5.69 Å². The SMILES string of the molecule is COc1ccc(C)cc1S(=O)(=O)Nc1ccc(S(=O)(=O)N2CCN(C)CC2)cc1. The van der Waals surface area contributed by atoms with Crippen molar-refractivity contribution < 1.29 is 21.6 Å². The Morgan fingerprint density at radius 1 is 0.931 bits per heavy atom. The molecule has 1 heterocycles. The number of nitrogens with zero attached hydrogens (tertiary/aromatic N) is 2. The standard InChI is InChI=1S/C19H25N3O5S2/c1-15-4-9-18(27-3)19(14-15)28(23,24)20-16-5-7-17(8-6-16)29(25,26)22-12-10-21(2)11-13-22/h4-9,14,20H,10-13H2,1-3H3. The molecule has 0 saturated carbocycles. The number of ether oxygens (including phenoxy) is 1. The second kappa shape index (κ2) is 8.31. The number of benzene rings is 2. The van der Waals surface area contributed by atoms with E-state index < -0.39 is 20.0 Å². The number of piperazine rings is 1. The molecule has 10 heteroatoms. The number of methoxy groups -OCH3 is 1. The fraction of sp³-hybridized carbons (Fsp3) is 0.368. The molecule has 158 valence electrons. The third-order valence-corrected chi connectivity index (χ3v) is 8.13. The third-order valence-electron chi connectivity index (χ3n) is 4.82. The van der Waals surface area contributed by atoms with Gasteiger partial charge in [-0.05, 0) is 55.9 Å². The van der Waals surface area contributed by atoms with Gasteiger partial charge >= 0.3 is 0 Å². The van der Waals surface area contributed by atoms with Crippen molar-refractivity contribution >= 4 is 25.7 Å². The third kappa shape index (κ3) is 4.72. The van der Waals surface area contributed by atoms with Gasteiger partial charge in [-0.2, -0.15) is 4.31 Å². The van der Waals surface area contributed by atoms with Gasteiger partial charge in [-0.1, -0.05) is 6.07 Å². The zero-order valence-electron chi connectivity index (χ0n) is 16.6. The Morgan fingerprint density at radius 3 is 2.14 bits per heavy atom. The van der Waals surface area contributed by atoms with E-state index in [1.807, 2.05) is 7.05 Å². The van der Waals surface area contributed by atoms with E-state index in [0.29, 0.717) is 26.2 Å². The number of hydrogen-bond donors (Lipinski definition) is 1. The summed E-state index contributed by atoms with van der Waals surface area (Å²) in [5, 5.41) is 0. The van der Waals surface area contributed by atoms with E-state index in [0.717, 1.165) is 5.56 Å². The summed E-state index contributed by atoms with van der Waals surface area (Å²) < 4.78 is 60.2. The molecule has 1 aliphatic heterocycles. The monoisotopic (exact) mass is 439 g/mol. The fourth-order valence-corrected chi connectivity index (χ4v) is 5.81. The van der Waals surface area contributed by atoms with Crippen molar-refractivity contribution in [2.75, 3.05) is 45.1 Å². The topological polar surface area (TPSA) is 96.0 Å². The lowest BCUT2D eigenvalue weighted by atomic mass is 10.2. The van der Waals surface area contributed by atoms with Gasteiger partial charge in [-0.15, -0.1) is 0 Å². The van der Waals surface area contributed by atoms with Crippen LogP contribution in [-0.4, -0.2) is 66.4 Å². The molecule has 3 rings (SSSR count). The Morgan fingerprint density at radius 2 is 1.55 bits per heavy atom. The van der Waals surface area contributed by atoms with Crippen molar-refractivity contribution in [2.45, 2.75) is 16.7 Å². The Hall–Kier alpha value is -2.14. The summed E-state index contributed by atoms with van der Waals surface area (Å²) in [6, 6.07) is 10.6. The maximum Gasteiger partial charge on any atom is 0.265 e. The van der Waals surface area contributed by atoms with E-state index in [1.54, 1.807) is 19.1 Å². The number of anilines is 1. The Kier molecular flexibility index (Phi) is 6.18. The normalized spacial score (nSPS) is 16.5. The summed E-state index contributed by atoms with van der Waals surface area (Å²) in [4.78, 5) is 2.23. The minimum atomic E-state index is -3.89. The van der Waals surface area contributed by atoms with Gasteiger partial charge in [0.05, 0.1) is 12.0 Å². The first kappa shape index (κ1) is 21.6. The van der Waals surface area contributed by atoms with Crippen LogP contribution < -0.4 is 9.46 Å². The second-order valence-corrected chi connectivity index (χ2v) is 10.6. The summed E-state index contributed by atoms with van der Waals surface area (Å²) >= 11 is 0. The lowest BCUT2D eigenvalue weighted by Gasteiger charge is -2.31. The summed E-state index contributed by atoms with van der Waals surface area (Å²) in [6.45, 7) is 4.00. The van der Waals surface area contributed by atoms with Crippen molar-refractivity contribution in [2.24, 2.45) is 0 Å². The van der Waals surface area contributed by atoms with Gasteiger partial charge in [0.2, 0.25) is 10.0 Å². The highest BCUT2D eigenvalue weighted by molar-refractivity contribution is 7.92. The number of nitrogens with one attached hydrogen (secondary N) is 1. The zero-order valence-corrected chi connectivity index (χ0v) is 18.3. The summed E-state index contributed by atoms with van der Waals surface area (Å²) in [5.41, 5.74) is 1.05. The molecular weight excluding hydrogens is 414 g/mol. The number of hydrogen-bond acceptors (Lipinski definition) is 6. The predicted octanol–water partition coefficient (Wildman–Crippen LogP) is 1.74. The van der Waals surface area contributed by atoms with E-state index in [2.05, 4.69) is 9.62 Å². The molecule has 1 N–H and O–H groups in total. The number of likely N-dealkylation sites (N-methyl/N-ethyl adjacent to an activating group) is 1. The van der Waals surface area contributed by atoms with E-state index in [9.17, 15) is 16.8 Å². The molecule has 8 nitrogen and oxygen atoms in total. The van der Waals surface area contributed by atoms with Crippen LogP contribution in [0.3, 0.4) is 0 Å². The number of aryl methyl sites for hydroxylation is 1. The molecule has 1 fully saturated rings. The summed E-state index contributed by atoms with van der Waals surface area (Å²) in [7, 11) is -4.14. The van der Waals surface area contributed by atoms with Crippen LogP contribution in [0.5, 0.6) is 5.75 Å². The van der Waals surface area contributed by atoms with Gasteiger partial charge < -0.3 is 9.64 Å². The first-order chi connectivity index (χ1) is 13.6. The first-order valence-corrected chi connectivity index (χ1v) is 12.0. The van der Waals surface area contributed by atoms with Gasteiger partial charge in [0, 0.05) is 31.9 Å². The first-order valence-electron chi connectivity index (χ1n) is 9.10. The van der Waals surface area contributed by atoms with Gasteiger partial charge in [0.25, 0.3) is 10.0 Å². The molecule has 0 spiro atoms. The largest absolute Gasteiger partial charge is 0.495 e. The maximum atomic E-state index is 12.8. The lowest BCUT2D eigenvalue weighted by molar-refractivity contribution is 0.222. The quantitative estimate of drug-likeness (QED) is 0.737.